The van der Waals surface area contributed by atoms with Gasteiger partial charge in [-0.15, -0.1) is 0 Å². The molecule has 0 aliphatic carbocycles. The number of amidine groups is 1. The maximum Gasteiger partial charge on any atom is 0.413 e. The predicted molar refractivity (Wildman–Crippen MR) is 141 cm³/mol. The van der Waals surface area contributed by atoms with E-state index in [2.05, 4.69) is 10.3 Å². The topological polar surface area (TPSA) is 129 Å². The molecule has 3 rings (SSSR count). The molecule has 0 bridgehead atoms. The highest BCUT2D eigenvalue weighted by atomic mass is 32.2. The SMILES string of the molecule is COc1cc(C)c(S(=O)(=O)CNC/C=C/C(=O)N(C)Cc2ccc(C3=NCCN3C(=O)O)cc2)c(C)c1. The van der Waals surface area contributed by atoms with Crippen LogP contribution in [-0.2, 0) is 21.2 Å². The molecule has 0 radical (unpaired) electrons. The Labute approximate surface area is 217 Å². The number of aryl methyl sites for hydroxylation is 2. The molecule has 198 valence electrons. The van der Waals surface area contributed by atoms with Crippen molar-refractivity contribution in [2.24, 2.45) is 4.99 Å². The van der Waals surface area contributed by atoms with Gasteiger partial charge in [-0.05, 0) is 42.7 Å². The molecule has 0 unspecified atom stereocenters. The third-order valence-electron chi connectivity index (χ3n) is 5.88. The minimum atomic E-state index is -3.56. The lowest BCUT2D eigenvalue weighted by atomic mass is 10.1. The molecule has 2 aromatic carbocycles. The molecule has 10 nitrogen and oxygen atoms in total. The first-order valence-corrected chi connectivity index (χ1v) is 13.3. The van der Waals surface area contributed by atoms with Crippen molar-refractivity contribution in [1.82, 2.24) is 15.1 Å². The number of carbonyl (C=O) groups is 2. The van der Waals surface area contributed by atoms with Crippen LogP contribution in [0.5, 0.6) is 5.75 Å². The number of hydrogen-bond donors (Lipinski definition) is 2. The van der Waals surface area contributed by atoms with E-state index in [9.17, 15) is 23.1 Å². The molecule has 0 atom stereocenters. The maximum absolute atomic E-state index is 12.8. The molecule has 2 aromatic rings. The molecule has 0 saturated heterocycles. The molecular formula is C26H32N4O6S. The van der Waals surface area contributed by atoms with E-state index in [1.165, 1.54) is 23.0 Å². The Kier molecular flexibility index (Phi) is 9.06. The summed E-state index contributed by atoms with van der Waals surface area (Å²) in [6.45, 7) is 4.82. The van der Waals surface area contributed by atoms with Crippen LogP contribution in [0.4, 0.5) is 4.79 Å². The van der Waals surface area contributed by atoms with Crippen LogP contribution in [0, 0.1) is 13.8 Å². The summed E-state index contributed by atoms with van der Waals surface area (Å²) < 4.78 is 30.8. The number of amides is 2. The van der Waals surface area contributed by atoms with Gasteiger partial charge in [-0.3, -0.25) is 20.0 Å². The number of sulfone groups is 1. The van der Waals surface area contributed by atoms with Crippen LogP contribution in [0.1, 0.15) is 22.3 Å². The Hall–Kier alpha value is -3.70. The molecule has 37 heavy (non-hydrogen) atoms. The van der Waals surface area contributed by atoms with E-state index in [4.69, 9.17) is 4.74 Å². The van der Waals surface area contributed by atoms with E-state index in [0.29, 0.717) is 47.9 Å². The van der Waals surface area contributed by atoms with Crippen molar-refractivity contribution < 1.29 is 27.9 Å². The molecule has 11 heteroatoms. The van der Waals surface area contributed by atoms with Crippen molar-refractivity contribution in [2.75, 3.05) is 39.7 Å². The summed E-state index contributed by atoms with van der Waals surface area (Å²) in [6.07, 6.45) is 1.95. The monoisotopic (exact) mass is 528 g/mol. The number of rotatable bonds is 10. The lowest BCUT2D eigenvalue weighted by Crippen LogP contribution is -2.33. The van der Waals surface area contributed by atoms with E-state index in [1.807, 2.05) is 12.1 Å². The van der Waals surface area contributed by atoms with Crippen LogP contribution in [0.25, 0.3) is 0 Å². The van der Waals surface area contributed by atoms with Crippen molar-refractivity contribution >= 4 is 27.7 Å². The van der Waals surface area contributed by atoms with Gasteiger partial charge < -0.3 is 14.7 Å². The fraction of sp³-hybridized carbons (Fsp3) is 0.346. The Balaban J connectivity index is 1.50. The highest BCUT2D eigenvalue weighted by molar-refractivity contribution is 7.91. The van der Waals surface area contributed by atoms with Crippen LogP contribution in [0.15, 0.2) is 58.4 Å². The second-order valence-electron chi connectivity index (χ2n) is 8.74. The van der Waals surface area contributed by atoms with Crippen molar-refractivity contribution in [3.8, 4) is 5.75 Å². The number of methoxy groups -OCH3 is 1. The zero-order valence-corrected chi connectivity index (χ0v) is 22.2. The van der Waals surface area contributed by atoms with E-state index in [0.717, 1.165) is 5.56 Å². The molecule has 0 fully saturated rings. The van der Waals surface area contributed by atoms with Gasteiger partial charge in [-0.1, -0.05) is 30.3 Å². The van der Waals surface area contributed by atoms with Crippen LogP contribution < -0.4 is 10.1 Å². The first kappa shape index (κ1) is 27.9. The molecule has 2 N–H and O–H groups in total. The third-order valence-corrected chi connectivity index (χ3v) is 7.73. The van der Waals surface area contributed by atoms with E-state index in [1.54, 1.807) is 51.2 Å². The normalized spacial score (nSPS) is 13.6. The predicted octanol–water partition coefficient (Wildman–Crippen LogP) is 2.59. The first-order chi connectivity index (χ1) is 17.5. The lowest BCUT2D eigenvalue weighted by molar-refractivity contribution is -0.125. The molecule has 1 aliphatic rings. The quantitative estimate of drug-likeness (QED) is 0.358. The van der Waals surface area contributed by atoms with Crippen molar-refractivity contribution in [3.63, 3.8) is 0 Å². The number of carbonyl (C=O) groups excluding carboxylic acids is 1. The van der Waals surface area contributed by atoms with Gasteiger partial charge in [-0.25, -0.2) is 13.2 Å². The van der Waals surface area contributed by atoms with Gasteiger partial charge in [0.25, 0.3) is 0 Å². The zero-order valence-electron chi connectivity index (χ0n) is 21.4. The second-order valence-corrected chi connectivity index (χ2v) is 10.7. The summed E-state index contributed by atoms with van der Waals surface area (Å²) in [5, 5.41) is 12.1. The first-order valence-electron chi connectivity index (χ1n) is 11.7. The fourth-order valence-corrected chi connectivity index (χ4v) is 5.78. The number of aliphatic imine (C=N–C) groups is 1. The van der Waals surface area contributed by atoms with Gasteiger partial charge in [0.15, 0.2) is 9.84 Å². The third kappa shape index (κ3) is 6.95. The maximum atomic E-state index is 12.8. The van der Waals surface area contributed by atoms with Gasteiger partial charge in [-0.2, -0.15) is 0 Å². The van der Waals surface area contributed by atoms with Crippen LogP contribution in [-0.4, -0.2) is 80.8 Å². The molecule has 0 aromatic heterocycles. The molecule has 1 aliphatic heterocycles. The highest BCUT2D eigenvalue weighted by Gasteiger charge is 2.24. The van der Waals surface area contributed by atoms with Crippen molar-refractivity contribution in [3.05, 3.63) is 70.8 Å². The van der Waals surface area contributed by atoms with Crippen LogP contribution in [0.2, 0.25) is 0 Å². The number of likely N-dealkylation sites (N-methyl/N-ethyl adjacent to an activating group) is 1. The standard InChI is InChI=1S/C26H32N4O6S/c1-18-14-22(36-4)15-19(2)24(18)37(34,35)17-27-11-5-6-23(31)29(3)16-20-7-9-21(10-8-20)25-28-12-13-30(25)26(32)33/h5-10,14-15,27H,11-13,16-17H2,1-4H3,(H,32,33)/b6-5+. The fourth-order valence-electron chi connectivity index (χ4n) is 4.15. The van der Waals surface area contributed by atoms with E-state index >= 15 is 0 Å². The number of nitrogens with zero attached hydrogens (tertiary/aromatic N) is 3. The van der Waals surface area contributed by atoms with Crippen molar-refractivity contribution in [2.45, 2.75) is 25.3 Å². The molecule has 0 spiro atoms. The van der Waals surface area contributed by atoms with E-state index < -0.39 is 15.9 Å². The Morgan fingerprint density at radius 1 is 1.19 bits per heavy atom. The average molecular weight is 529 g/mol. The summed E-state index contributed by atoms with van der Waals surface area (Å²) in [5.74, 6) is 0.550. The van der Waals surface area contributed by atoms with Gasteiger partial charge in [0.05, 0.1) is 25.1 Å². The van der Waals surface area contributed by atoms with Gasteiger partial charge in [0.1, 0.15) is 17.5 Å². The Morgan fingerprint density at radius 2 is 1.84 bits per heavy atom. The number of hydrogen-bond acceptors (Lipinski definition) is 7. The van der Waals surface area contributed by atoms with E-state index in [-0.39, 0.29) is 23.2 Å². The molecular weight excluding hydrogens is 496 g/mol. The second kappa shape index (κ2) is 12.0. The summed E-state index contributed by atoms with van der Waals surface area (Å²) in [5.41, 5.74) is 2.82. The Bertz CT molecular complexity index is 1300. The summed E-state index contributed by atoms with van der Waals surface area (Å²) in [4.78, 5) is 31.1. The molecule has 0 saturated carbocycles. The lowest BCUT2D eigenvalue weighted by Gasteiger charge is -2.17. The summed E-state index contributed by atoms with van der Waals surface area (Å²) in [7, 11) is -0.359. The Morgan fingerprint density at radius 3 is 2.43 bits per heavy atom. The number of nitrogens with one attached hydrogen (secondary N) is 1. The smallest absolute Gasteiger partial charge is 0.413 e. The zero-order chi connectivity index (χ0) is 27.2. The van der Waals surface area contributed by atoms with Crippen LogP contribution >= 0.6 is 0 Å². The average Bonchev–Trinajstić information content (AvgIpc) is 3.34. The summed E-state index contributed by atoms with van der Waals surface area (Å²) in [6, 6.07) is 10.6. The number of ether oxygens (including phenoxy) is 1. The van der Waals surface area contributed by atoms with Gasteiger partial charge >= 0.3 is 6.09 Å². The number of carboxylic acid groups (broad SMARTS) is 1. The largest absolute Gasteiger partial charge is 0.497 e. The van der Waals surface area contributed by atoms with Gasteiger partial charge in [0.2, 0.25) is 5.91 Å². The molecule has 2 amide bonds. The minimum absolute atomic E-state index is 0.212. The number of benzene rings is 2. The molecule has 1 heterocycles. The van der Waals surface area contributed by atoms with Gasteiger partial charge in [0, 0.05) is 31.8 Å². The van der Waals surface area contributed by atoms with Crippen molar-refractivity contribution in [1.29, 1.82) is 0 Å². The van der Waals surface area contributed by atoms with Crippen LogP contribution in [0.3, 0.4) is 0 Å². The highest BCUT2D eigenvalue weighted by Crippen LogP contribution is 2.26. The minimum Gasteiger partial charge on any atom is -0.497 e. The summed E-state index contributed by atoms with van der Waals surface area (Å²) >= 11 is 0.